The van der Waals surface area contributed by atoms with E-state index in [-0.39, 0.29) is 6.10 Å². The van der Waals surface area contributed by atoms with Crippen molar-refractivity contribution in [3.05, 3.63) is 21.9 Å². The molecule has 2 nitrogen and oxygen atoms in total. The van der Waals surface area contributed by atoms with Crippen LogP contribution in [0.1, 0.15) is 42.9 Å². The number of aliphatic hydroxyl groups excluding tert-OH is 1. The summed E-state index contributed by atoms with van der Waals surface area (Å²) in [7, 11) is 0. The predicted molar refractivity (Wildman–Crippen MR) is 76.2 cm³/mol. The number of aryl methyl sites for hydroxylation is 1. The fourth-order valence-corrected chi connectivity index (χ4v) is 3.69. The van der Waals surface area contributed by atoms with Crippen LogP contribution in [-0.2, 0) is 17.6 Å². The van der Waals surface area contributed by atoms with Crippen molar-refractivity contribution in [2.75, 3.05) is 6.61 Å². The third kappa shape index (κ3) is 3.81. The molecule has 1 saturated carbocycles. The Morgan fingerprint density at radius 3 is 2.67 bits per heavy atom. The molecule has 0 saturated heterocycles. The molecule has 1 fully saturated rings. The average Bonchev–Trinajstić information content (AvgIpc) is 2.74. The molecule has 1 aromatic rings. The molecule has 1 aromatic heterocycles. The zero-order valence-corrected chi connectivity index (χ0v) is 12.2. The van der Waals surface area contributed by atoms with Gasteiger partial charge in [0.05, 0.1) is 12.2 Å². The molecule has 0 spiro atoms. The predicted octanol–water partition coefficient (Wildman–Crippen LogP) is 3.42. The fourth-order valence-electron chi connectivity index (χ4n) is 2.66. The molecule has 0 amide bonds. The maximum Gasteiger partial charge on any atom is 0.0591 e. The van der Waals surface area contributed by atoms with Gasteiger partial charge >= 0.3 is 0 Å². The van der Waals surface area contributed by atoms with Gasteiger partial charge in [-0.25, -0.2) is 0 Å². The van der Waals surface area contributed by atoms with Gasteiger partial charge in [0.2, 0.25) is 0 Å². The first-order chi connectivity index (χ1) is 8.71. The Morgan fingerprint density at radius 2 is 2.06 bits per heavy atom. The van der Waals surface area contributed by atoms with E-state index in [4.69, 9.17) is 4.74 Å². The van der Waals surface area contributed by atoms with Gasteiger partial charge in [-0.2, -0.15) is 0 Å². The summed E-state index contributed by atoms with van der Waals surface area (Å²) in [6.07, 6.45) is 5.40. The lowest BCUT2D eigenvalue weighted by Gasteiger charge is -2.36. The molecule has 0 radical (unpaired) electrons. The highest BCUT2D eigenvalue weighted by atomic mass is 32.1. The van der Waals surface area contributed by atoms with E-state index < -0.39 is 0 Å². The molecule has 1 unspecified atom stereocenters. The largest absolute Gasteiger partial charge is 0.393 e. The van der Waals surface area contributed by atoms with Crippen LogP contribution in [0, 0.1) is 5.92 Å². The minimum absolute atomic E-state index is 0.180. The normalized spacial score (nSPS) is 24.8. The Bertz CT molecular complexity index is 355. The maximum atomic E-state index is 10.1. The van der Waals surface area contributed by atoms with Crippen LogP contribution in [0.15, 0.2) is 12.1 Å². The number of aliphatic hydroxyl groups is 1. The monoisotopic (exact) mass is 268 g/mol. The van der Waals surface area contributed by atoms with Crippen LogP contribution < -0.4 is 0 Å². The van der Waals surface area contributed by atoms with E-state index in [1.165, 1.54) is 9.75 Å². The molecule has 3 heteroatoms. The van der Waals surface area contributed by atoms with Gasteiger partial charge in [0.25, 0.3) is 0 Å². The summed E-state index contributed by atoms with van der Waals surface area (Å²) in [5.41, 5.74) is 0. The maximum absolute atomic E-state index is 10.1. The van der Waals surface area contributed by atoms with Crippen LogP contribution in [-0.4, -0.2) is 23.9 Å². The summed E-state index contributed by atoms with van der Waals surface area (Å²) in [5, 5.41) is 10.1. The van der Waals surface area contributed by atoms with E-state index >= 15 is 0 Å². The second-order valence-electron chi connectivity index (χ2n) is 5.23. The molecule has 1 N–H and O–H groups in total. The highest BCUT2D eigenvalue weighted by Gasteiger charge is 2.30. The Kier molecular flexibility index (Phi) is 5.22. The van der Waals surface area contributed by atoms with Gasteiger partial charge in [0, 0.05) is 22.8 Å². The van der Waals surface area contributed by atoms with Gasteiger partial charge in [0.1, 0.15) is 0 Å². The molecule has 1 atom stereocenters. The lowest BCUT2D eigenvalue weighted by molar-refractivity contribution is -0.0375. The highest BCUT2D eigenvalue weighted by Crippen LogP contribution is 2.34. The van der Waals surface area contributed by atoms with Crippen molar-refractivity contribution in [1.82, 2.24) is 0 Å². The molecule has 0 aliphatic heterocycles. The van der Waals surface area contributed by atoms with E-state index in [2.05, 4.69) is 19.1 Å². The van der Waals surface area contributed by atoms with Crippen molar-refractivity contribution in [1.29, 1.82) is 0 Å². The topological polar surface area (TPSA) is 29.5 Å². The first-order valence-corrected chi connectivity index (χ1v) is 7.90. The van der Waals surface area contributed by atoms with E-state index in [9.17, 15) is 5.11 Å². The van der Waals surface area contributed by atoms with E-state index in [1.54, 1.807) is 0 Å². The van der Waals surface area contributed by atoms with Crippen LogP contribution in [0.4, 0.5) is 0 Å². The number of hydrogen-bond acceptors (Lipinski definition) is 3. The number of rotatable bonds is 7. The first kappa shape index (κ1) is 14.0. The smallest absolute Gasteiger partial charge is 0.0591 e. The summed E-state index contributed by atoms with van der Waals surface area (Å²) >= 11 is 1.84. The molecule has 0 bridgehead atoms. The van der Waals surface area contributed by atoms with Crippen molar-refractivity contribution >= 4 is 11.3 Å². The van der Waals surface area contributed by atoms with Crippen molar-refractivity contribution in [3.8, 4) is 0 Å². The van der Waals surface area contributed by atoms with Crippen molar-refractivity contribution in [3.63, 3.8) is 0 Å². The summed E-state index contributed by atoms with van der Waals surface area (Å²) in [6.45, 7) is 5.04. The van der Waals surface area contributed by atoms with Crippen LogP contribution >= 0.6 is 11.3 Å². The Balaban J connectivity index is 1.68. The van der Waals surface area contributed by atoms with Gasteiger partial charge in [-0.3, -0.25) is 0 Å². The van der Waals surface area contributed by atoms with Crippen molar-refractivity contribution in [2.24, 2.45) is 5.92 Å². The first-order valence-electron chi connectivity index (χ1n) is 7.08. The summed E-state index contributed by atoms with van der Waals surface area (Å²) in [6, 6.07) is 4.34. The molecule has 1 aliphatic carbocycles. The van der Waals surface area contributed by atoms with Crippen molar-refractivity contribution in [2.45, 2.75) is 58.2 Å². The third-order valence-electron chi connectivity index (χ3n) is 3.70. The minimum atomic E-state index is -0.180. The van der Waals surface area contributed by atoms with E-state index in [0.29, 0.717) is 12.0 Å². The van der Waals surface area contributed by atoms with E-state index in [1.807, 2.05) is 18.3 Å². The lowest BCUT2D eigenvalue weighted by atomic mass is 9.78. The van der Waals surface area contributed by atoms with Crippen LogP contribution in [0.25, 0.3) is 0 Å². The quantitative estimate of drug-likeness (QED) is 0.821. The highest BCUT2D eigenvalue weighted by molar-refractivity contribution is 7.11. The third-order valence-corrected chi connectivity index (χ3v) is 4.95. The molecule has 0 aromatic carbocycles. The number of ether oxygens (including phenoxy) is 1. The fraction of sp³-hybridized carbons (Fsp3) is 0.733. The summed E-state index contributed by atoms with van der Waals surface area (Å²) in [5.74, 6) is 0.669. The molecule has 18 heavy (non-hydrogen) atoms. The SMILES string of the molecule is CCOC1CC(CC(O)Cc2ccc(CC)s2)C1. The number of thiophene rings is 1. The van der Waals surface area contributed by atoms with Crippen LogP contribution in [0.3, 0.4) is 0 Å². The Morgan fingerprint density at radius 1 is 1.33 bits per heavy atom. The standard InChI is InChI=1S/C15H24O2S/c1-3-14-5-6-15(18-14)10-12(16)7-11-8-13(9-11)17-4-2/h5-6,11-13,16H,3-4,7-10H2,1-2H3. The van der Waals surface area contributed by atoms with Crippen molar-refractivity contribution < 1.29 is 9.84 Å². The Labute approximate surface area is 114 Å². The van der Waals surface area contributed by atoms with Gasteiger partial charge in [0.15, 0.2) is 0 Å². The lowest BCUT2D eigenvalue weighted by Crippen LogP contribution is -2.34. The molecular weight excluding hydrogens is 244 g/mol. The minimum Gasteiger partial charge on any atom is -0.393 e. The van der Waals surface area contributed by atoms with E-state index in [0.717, 1.165) is 38.7 Å². The molecule has 1 heterocycles. The number of hydrogen-bond donors (Lipinski definition) is 1. The second kappa shape index (κ2) is 6.69. The summed E-state index contributed by atoms with van der Waals surface area (Å²) in [4.78, 5) is 2.73. The second-order valence-corrected chi connectivity index (χ2v) is 6.48. The van der Waals surface area contributed by atoms with Gasteiger partial charge in [-0.15, -0.1) is 11.3 Å². The summed E-state index contributed by atoms with van der Waals surface area (Å²) < 4.78 is 5.55. The molecule has 2 rings (SSSR count). The Hall–Kier alpha value is -0.380. The molecule has 102 valence electrons. The van der Waals surface area contributed by atoms with Gasteiger partial charge < -0.3 is 9.84 Å². The molecule has 1 aliphatic rings. The zero-order chi connectivity index (χ0) is 13.0. The van der Waals surface area contributed by atoms with Crippen LogP contribution in [0.2, 0.25) is 0 Å². The van der Waals surface area contributed by atoms with Gasteiger partial charge in [-0.1, -0.05) is 6.92 Å². The van der Waals surface area contributed by atoms with Gasteiger partial charge in [-0.05, 0) is 50.7 Å². The van der Waals surface area contributed by atoms with Crippen LogP contribution in [0.5, 0.6) is 0 Å². The zero-order valence-electron chi connectivity index (χ0n) is 11.4. The average molecular weight is 268 g/mol. The molecular formula is C15H24O2S.